The standard InChI is InChI=1S/C12H13IO2/c13-8-4-3-7-11-9-5-1-2-6-10(9)12(14)15-11/h1-2,5-6,11H,3-4,7-8H2. The highest BCUT2D eigenvalue weighted by molar-refractivity contribution is 14.1. The monoisotopic (exact) mass is 316 g/mol. The van der Waals surface area contributed by atoms with Gasteiger partial charge in [0.05, 0.1) is 5.56 Å². The fourth-order valence-electron chi connectivity index (χ4n) is 1.86. The largest absolute Gasteiger partial charge is 0.454 e. The summed E-state index contributed by atoms with van der Waals surface area (Å²) < 4.78 is 6.50. The SMILES string of the molecule is O=C1OC(CCCCI)c2ccccc21. The van der Waals surface area contributed by atoms with Gasteiger partial charge in [0.25, 0.3) is 0 Å². The molecule has 0 amide bonds. The van der Waals surface area contributed by atoms with Gasteiger partial charge in [-0.1, -0.05) is 40.8 Å². The molecule has 1 atom stereocenters. The van der Waals surface area contributed by atoms with Gasteiger partial charge in [-0.3, -0.25) is 0 Å². The Morgan fingerprint density at radius 2 is 2.07 bits per heavy atom. The number of carbonyl (C=O) groups is 1. The molecule has 2 rings (SSSR count). The van der Waals surface area contributed by atoms with Crippen molar-refractivity contribution in [1.82, 2.24) is 0 Å². The molecule has 1 aliphatic rings. The molecule has 0 bridgehead atoms. The molecule has 1 aliphatic heterocycles. The topological polar surface area (TPSA) is 26.3 Å². The molecule has 0 aliphatic carbocycles. The lowest BCUT2D eigenvalue weighted by atomic mass is 10.0. The lowest BCUT2D eigenvalue weighted by molar-refractivity contribution is 0.0364. The minimum absolute atomic E-state index is 0.00310. The molecule has 0 saturated carbocycles. The zero-order chi connectivity index (χ0) is 10.7. The van der Waals surface area contributed by atoms with E-state index in [1.807, 2.05) is 24.3 Å². The number of hydrogen-bond acceptors (Lipinski definition) is 2. The first kappa shape index (κ1) is 10.9. The third kappa shape index (κ3) is 2.33. The van der Waals surface area contributed by atoms with Gasteiger partial charge < -0.3 is 4.74 Å². The lowest BCUT2D eigenvalue weighted by Crippen LogP contribution is -1.98. The Bertz CT molecular complexity index is 362. The van der Waals surface area contributed by atoms with Gasteiger partial charge in [-0.05, 0) is 29.8 Å². The van der Waals surface area contributed by atoms with Gasteiger partial charge in [-0.15, -0.1) is 0 Å². The second-order valence-electron chi connectivity index (χ2n) is 3.67. The van der Waals surface area contributed by atoms with E-state index in [1.54, 1.807) is 0 Å². The molecule has 1 aromatic rings. The van der Waals surface area contributed by atoms with Crippen molar-refractivity contribution in [3.05, 3.63) is 35.4 Å². The van der Waals surface area contributed by atoms with Crippen molar-refractivity contribution in [2.75, 3.05) is 4.43 Å². The van der Waals surface area contributed by atoms with Crippen LogP contribution in [0.2, 0.25) is 0 Å². The average Bonchev–Trinajstić information content (AvgIpc) is 2.58. The first-order valence-electron chi connectivity index (χ1n) is 5.19. The zero-order valence-electron chi connectivity index (χ0n) is 8.41. The number of ether oxygens (including phenoxy) is 1. The first-order chi connectivity index (χ1) is 7.33. The van der Waals surface area contributed by atoms with Gasteiger partial charge in [0.1, 0.15) is 6.10 Å². The number of unbranched alkanes of at least 4 members (excludes halogenated alkanes) is 1. The number of rotatable bonds is 4. The van der Waals surface area contributed by atoms with Crippen LogP contribution in [0.25, 0.3) is 0 Å². The summed E-state index contributed by atoms with van der Waals surface area (Å²) in [5.74, 6) is -0.162. The highest BCUT2D eigenvalue weighted by Crippen LogP contribution is 2.33. The maximum atomic E-state index is 11.5. The van der Waals surface area contributed by atoms with Crippen LogP contribution in [-0.2, 0) is 4.74 Å². The van der Waals surface area contributed by atoms with Crippen LogP contribution in [0, 0.1) is 0 Å². The van der Waals surface area contributed by atoms with Gasteiger partial charge in [0.15, 0.2) is 0 Å². The molecule has 0 aromatic heterocycles. The molecule has 0 radical (unpaired) electrons. The summed E-state index contributed by atoms with van der Waals surface area (Å²) >= 11 is 2.37. The van der Waals surface area contributed by atoms with Crippen molar-refractivity contribution < 1.29 is 9.53 Å². The summed E-state index contributed by atoms with van der Waals surface area (Å²) in [5, 5.41) is 0. The number of benzene rings is 1. The van der Waals surface area contributed by atoms with E-state index in [1.165, 1.54) is 10.8 Å². The van der Waals surface area contributed by atoms with Gasteiger partial charge in [0, 0.05) is 5.56 Å². The predicted octanol–water partition coefficient (Wildman–Crippen LogP) is 3.50. The molecule has 0 saturated heterocycles. The number of cyclic esters (lactones) is 1. The van der Waals surface area contributed by atoms with Crippen LogP contribution in [0.1, 0.15) is 41.3 Å². The smallest absolute Gasteiger partial charge is 0.339 e. The number of esters is 1. The van der Waals surface area contributed by atoms with E-state index in [4.69, 9.17) is 4.74 Å². The summed E-state index contributed by atoms with van der Waals surface area (Å²) in [6.45, 7) is 0. The van der Waals surface area contributed by atoms with Crippen molar-refractivity contribution in [3.63, 3.8) is 0 Å². The third-order valence-corrected chi connectivity index (χ3v) is 3.39. The molecule has 2 nitrogen and oxygen atoms in total. The minimum Gasteiger partial charge on any atom is -0.454 e. The summed E-state index contributed by atoms with van der Waals surface area (Å²) in [4.78, 5) is 11.5. The van der Waals surface area contributed by atoms with Crippen LogP contribution >= 0.6 is 22.6 Å². The molecular weight excluding hydrogens is 303 g/mol. The Balaban J connectivity index is 2.08. The number of carbonyl (C=O) groups excluding carboxylic acids is 1. The number of hydrogen-bond donors (Lipinski definition) is 0. The summed E-state index contributed by atoms with van der Waals surface area (Å²) in [6.07, 6.45) is 3.26. The zero-order valence-corrected chi connectivity index (χ0v) is 10.6. The van der Waals surface area contributed by atoms with Gasteiger partial charge in [-0.25, -0.2) is 4.79 Å². The molecular formula is C12H13IO2. The van der Waals surface area contributed by atoms with Gasteiger partial charge >= 0.3 is 5.97 Å². The van der Waals surface area contributed by atoms with E-state index in [-0.39, 0.29) is 12.1 Å². The molecule has 1 aromatic carbocycles. The highest BCUT2D eigenvalue weighted by atomic mass is 127. The second kappa shape index (κ2) is 4.96. The van der Waals surface area contributed by atoms with Crippen LogP contribution in [0.15, 0.2) is 24.3 Å². The summed E-state index contributed by atoms with van der Waals surface area (Å²) in [5.41, 5.74) is 1.81. The van der Waals surface area contributed by atoms with Crippen molar-refractivity contribution in [1.29, 1.82) is 0 Å². The maximum absolute atomic E-state index is 11.5. The van der Waals surface area contributed by atoms with Crippen LogP contribution < -0.4 is 0 Å². The Labute approximate surface area is 103 Å². The number of halogens is 1. The van der Waals surface area contributed by atoms with E-state index in [9.17, 15) is 4.79 Å². The maximum Gasteiger partial charge on any atom is 0.339 e. The summed E-state index contributed by atoms with van der Waals surface area (Å²) in [7, 11) is 0. The van der Waals surface area contributed by atoms with E-state index in [0.29, 0.717) is 0 Å². The molecule has 1 heterocycles. The fraction of sp³-hybridized carbons (Fsp3) is 0.417. The summed E-state index contributed by atoms with van der Waals surface area (Å²) in [6, 6.07) is 7.68. The minimum atomic E-state index is -0.162. The van der Waals surface area contributed by atoms with E-state index in [2.05, 4.69) is 22.6 Å². The predicted molar refractivity (Wildman–Crippen MR) is 67.3 cm³/mol. The third-order valence-electron chi connectivity index (χ3n) is 2.63. The Morgan fingerprint density at radius 3 is 2.87 bits per heavy atom. The van der Waals surface area contributed by atoms with E-state index < -0.39 is 0 Å². The second-order valence-corrected chi connectivity index (χ2v) is 4.74. The molecule has 1 unspecified atom stereocenters. The van der Waals surface area contributed by atoms with Gasteiger partial charge in [0.2, 0.25) is 0 Å². The van der Waals surface area contributed by atoms with Crippen molar-refractivity contribution in [2.45, 2.75) is 25.4 Å². The molecule has 15 heavy (non-hydrogen) atoms. The normalized spacial score (nSPS) is 18.7. The van der Waals surface area contributed by atoms with Crippen LogP contribution in [0.4, 0.5) is 0 Å². The van der Waals surface area contributed by atoms with Crippen LogP contribution in [-0.4, -0.2) is 10.4 Å². The van der Waals surface area contributed by atoms with Crippen molar-refractivity contribution in [3.8, 4) is 0 Å². The number of alkyl halides is 1. The Hall–Kier alpha value is -0.580. The molecule has 80 valence electrons. The van der Waals surface area contributed by atoms with Crippen LogP contribution in [0.3, 0.4) is 0 Å². The molecule has 0 fully saturated rings. The molecule has 0 N–H and O–H groups in total. The molecule has 3 heteroatoms. The lowest BCUT2D eigenvalue weighted by Gasteiger charge is -2.09. The Kier molecular flexibility index (Phi) is 3.61. The van der Waals surface area contributed by atoms with Crippen molar-refractivity contribution in [2.24, 2.45) is 0 Å². The first-order valence-corrected chi connectivity index (χ1v) is 6.71. The molecule has 0 spiro atoms. The van der Waals surface area contributed by atoms with Crippen molar-refractivity contribution >= 4 is 28.6 Å². The van der Waals surface area contributed by atoms with E-state index in [0.717, 1.165) is 24.0 Å². The van der Waals surface area contributed by atoms with Crippen LogP contribution in [0.5, 0.6) is 0 Å². The fourth-order valence-corrected chi connectivity index (χ4v) is 2.40. The quantitative estimate of drug-likeness (QED) is 0.368. The van der Waals surface area contributed by atoms with Gasteiger partial charge in [-0.2, -0.15) is 0 Å². The average molecular weight is 316 g/mol. The van der Waals surface area contributed by atoms with E-state index >= 15 is 0 Å². The Morgan fingerprint density at radius 1 is 1.27 bits per heavy atom. The number of fused-ring (bicyclic) bond motifs is 1. The highest BCUT2D eigenvalue weighted by Gasteiger charge is 2.29.